The Kier molecular flexibility index (Phi) is 6.40. The Morgan fingerprint density at radius 1 is 0.938 bits per heavy atom. The number of carbonyl (C=O) groups excluding carboxylic acids is 1. The molecule has 1 amide bonds. The van der Waals surface area contributed by atoms with Gasteiger partial charge in [0.15, 0.2) is 0 Å². The number of carbonyl (C=O) groups is 1. The Balaban J connectivity index is 1.48. The van der Waals surface area contributed by atoms with Gasteiger partial charge in [0.1, 0.15) is 5.82 Å². The predicted octanol–water partition coefficient (Wildman–Crippen LogP) is 3.69. The molecule has 1 aliphatic rings. The Bertz CT molecular complexity index is 1150. The normalized spacial score (nSPS) is 15.0. The zero-order valence-corrected chi connectivity index (χ0v) is 19.0. The zero-order valence-electron chi connectivity index (χ0n) is 19.0. The number of amides is 1. The highest BCUT2D eigenvalue weighted by atomic mass is 16.2. The second-order valence-electron chi connectivity index (χ2n) is 8.39. The number of piperazine rings is 1. The highest BCUT2D eigenvalue weighted by molar-refractivity contribution is 5.84. The van der Waals surface area contributed by atoms with E-state index >= 15 is 0 Å². The highest BCUT2D eigenvalue weighted by Crippen LogP contribution is 2.23. The SMILES string of the molecule is CC[C@@H](C(=O)N1CCN(c2ccc(=O)n(-c3ccc(C)c(C)c3)n2)CC1)c1ccccc1. The molecule has 6 heteroatoms. The van der Waals surface area contributed by atoms with Crippen molar-refractivity contribution in [2.45, 2.75) is 33.1 Å². The molecule has 1 aromatic heterocycles. The van der Waals surface area contributed by atoms with Crippen molar-refractivity contribution in [1.29, 1.82) is 0 Å². The van der Waals surface area contributed by atoms with Gasteiger partial charge in [-0.1, -0.05) is 43.3 Å². The number of hydrogen-bond acceptors (Lipinski definition) is 4. The summed E-state index contributed by atoms with van der Waals surface area (Å²) in [5.41, 5.74) is 3.99. The van der Waals surface area contributed by atoms with Crippen LogP contribution in [0.1, 0.15) is 36.0 Å². The third kappa shape index (κ3) is 4.44. The van der Waals surface area contributed by atoms with Crippen LogP contribution >= 0.6 is 0 Å². The van der Waals surface area contributed by atoms with Crippen LogP contribution in [0.25, 0.3) is 5.69 Å². The molecule has 0 saturated carbocycles. The molecule has 32 heavy (non-hydrogen) atoms. The van der Waals surface area contributed by atoms with E-state index in [1.165, 1.54) is 10.2 Å². The quantitative estimate of drug-likeness (QED) is 0.619. The average molecular weight is 431 g/mol. The van der Waals surface area contributed by atoms with Crippen molar-refractivity contribution in [2.24, 2.45) is 0 Å². The van der Waals surface area contributed by atoms with Crippen LogP contribution in [0.5, 0.6) is 0 Å². The molecule has 1 saturated heterocycles. The summed E-state index contributed by atoms with van der Waals surface area (Å²) in [5, 5.41) is 4.63. The minimum atomic E-state index is -0.153. The monoisotopic (exact) mass is 430 g/mol. The van der Waals surface area contributed by atoms with Crippen molar-refractivity contribution < 1.29 is 4.79 Å². The number of benzene rings is 2. The molecule has 0 bridgehead atoms. The molecule has 0 N–H and O–H groups in total. The number of hydrogen-bond donors (Lipinski definition) is 0. The van der Waals surface area contributed by atoms with Gasteiger partial charge in [0, 0.05) is 32.2 Å². The average Bonchev–Trinajstić information content (AvgIpc) is 2.82. The van der Waals surface area contributed by atoms with Gasteiger partial charge in [0.2, 0.25) is 5.91 Å². The number of nitrogens with zero attached hydrogens (tertiary/aromatic N) is 4. The summed E-state index contributed by atoms with van der Waals surface area (Å²) in [5.74, 6) is 0.837. The molecule has 2 aromatic carbocycles. The van der Waals surface area contributed by atoms with E-state index in [2.05, 4.69) is 16.9 Å². The molecular weight excluding hydrogens is 400 g/mol. The highest BCUT2D eigenvalue weighted by Gasteiger charge is 2.28. The molecule has 0 aliphatic carbocycles. The third-order valence-electron chi connectivity index (χ3n) is 6.34. The zero-order chi connectivity index (χ0) is 22.7. The lowest BCUT2D eigenvalue weighted by atomic mass is 9.95. The van der Waals surface area contributed by atoms with Gasteiger partial charge in [-0.25, -0.2) is 0 Å². The summed E-state index contributed by atoms with van der Waals surface area (Å²) < 4.78 is 1.46. The first kappa shape index (κ1) is 21.8. The van der Waals surface area contributed by atoms with Crippen LogP contribution in [-0.4, -0.2) is 46.8 Å². The summed E-state index contributed by atoms with van der Waals surface area (Å²) in [6.45, 7) is 8.81. The number of rotatable bonds is 5. The lowest BCUT2D eigenvalue weighted by Crippen LogP contribution is -2.50. The predicted molar refractivity (Wildman–Crippen MR) is 128 cm³/mol. The van der Waals surface area contributed by atoms with Gasteiger partial charge in [-0.2, -0.15) is 4.68 Å². The lowest BCUT2D eigenvalue weighted by Gasteiger charge is -2.37. The topological polar surface area (TPSA) is 58.4 Å². The van der Waals surface area contributed by atoms with Crippen LogP contribution in [-0.2, 0) is 4.79 Å². The van der Waals surface area contributed by atoms with Gasteiger partial charge in [0.05, 0.1) is 11.6 Å². The van der Waals surface area contributed by atoms with E-state index < -0.39 is 0 Å². The molecule has 6 nitrogen and oxygen atoms in total. The smallest absolute Gasteiger partial charge is 0.271 e. The molecule has 0 unspecified atom stereocenters. The first-order valence-electron chi connectivity index (χ1n) is 11.2. The van der Waals surface area contributed by atoms with Crippen LogP contribution in [0.3, 0.4) is 0 Å². The van der Waals surface area contributed by atoms with Crippen LogP contribution in [0, 0.1) is 13.8 Å². The van der Waals surface area contributed by atoms with E-state index in [1.807, 2.05) is 67.3 Å². The van der Waals surface area contributed by atoms with Crippen LogP contribution in [0.4, 0.5) is 5.82 Å². The van der Waals surface area contributed by atoms with Gasteiger partial charge in [-0.15, -0.1) is 5.10 Å². The Morgan fingerprint density at radius 3 is 2.31 bits per heavy atom. The van der Waals surface area contributed by atoms with Gasteiger partial charge >= 0.3 is 0 Å². The third-order valence-corrected chi connectivity index (χ3v) is 6.34. The first-order chi connectivity index (χ1) is 15.5. The molecule has 3 aromatic rings. The fourth-order valence-corrected chi connectivity index (χ4v) is 4.23. The molecule has 1 aliphatic heterocycles. The Labute approximate surface area is 189 Å². The summed E-state index contributed by atoms with van der Waals surface area (Å²) >= 11 is 0. The second-order valence-corrected chi connectivity index (χ2v) is 8.39. The fraction of sp³-hybridized carbons (Fsp3) is 0.346. The van der Waals surface area contributed by atoms with E-state index in [1.54, 1.807) is 12.1 Å². The van der Waals surface area contributed by atoms with Gasteiger partial charge in [0.25, 0.3) is 5.56 Å². The maximum Gasteiger partial charge on any atom is 0.271 e. The van der Waals surface area contributed by atoms with Crippen molar-refractivity contribution in [3.63, 3.8) is 0 Å². The standard InChI is InChI=1S/C26H30N4O2/c1-4-23(21-8-6-5-7-9-21)26(32)29-16-14-28(15-17-29)24-12-13-25(31)30(27-24)22-11-10-19(2)20(3)18-22/h5-13,18,23H,4,14-17H2,1-3H3/t23-/m1/s1. The molecule has 1 fully saturated rings. The van der Waals surface area contributed by atoms with Crippen molar-refractivity contribution in [2.75, 3.05) is 31.1 Å². The largest absolute Gasteiger partial charge is 0.352 e. The fourth-order valence-electron chi connectivity index (χ4n) is 4.23. The summed E-state index contributed by atoms with van der Waals surface area (Å²) in [4.78, 5) is 29.7. The van der Waals surface area contributed by atoms with Crippen molar-refractivity contribution >= 4 is 11.7 Å². The molecule has 4 rings (SSSR count). The Hall–Kier alpha value is -3.41. The number of aryl methyl sites for hydroxylation is 2. The van der Waals surface area contributed by atoms with E-state index in [9.17, 15) is 9.59 Å². The summed E-state index contributed by atoms with van der Waals surface area (Å²) in [6.07, 6.45) is 0.783. The van der Waals surface area contributed by atoms with E-state index in [-0.39, 0.29) is 17.4 Å². The molecule has 0 spiro atoms. The van der Waals surface area contributed by atoms with Crippen LogP contribution in [0.15, 0.2) is 65.5 Å². The van der Waals surface area contributed by atoms with E-state index in [4.69, 9.17) is 0 Å². The summed E-state index contributed by atoms with van der Waals surface area (Å²) in [7, 11) is 0. The maximum atomic E-state index is 13.2. The van der Waals surface area contributed by atoms with Crippen LogP contribution < -0.4 is 10.5 Å². The second kappa shape index (κ2) is 9.39. The number of aromatic nitrogens is 2. The van der Waals surface area contributed by atoms with Crippen molar-refractivity contribution in [1.82, 2.24) is 14.7 Å². The van der Waals surface area contributed by atoms with Crippen molar-refractivity contribution in [3.8, 4) is 5.69 Å². The Morgan fingerprint density at radius 2 is 1.66 bits per heavy atom. The summed E-state index contributed by atoms with van der Waals surface area (Å²) in [6, 6.07) is 19.3. The molecule has 0 radical (unpaired) electrons. The molecule has 166 valence electrons. The maximum absolute atomic E-state index is 13.2. The van der Waals surface area contributed by atoms with E-state index in [0.29, 0.717) is 26.2 Å². The number of anilines is 1. The minimum absolute atomic E-state index is 0.104. The lowest BCUT2D eigenvalue weighted by molar-refractivity contribution is -0.133. The molecule has 1 atom stereocenters. The first-order valence-corrected chi connectivity index (χ1v) is 11.2. The van der Waals surface area contributed by atoms with Gasteiger partial charge in [-0.05, 0) is 55.2 Å². The molecular formula is C26H30N4O2. The van der Waals surface area contributed by atoms with Gasteiger partial charge in [-0.3, -0.25) is 9.59 Å². The molecule has 2 heterocycles. The van der Waals surface area contributed by atoms with Crippen molar-refractivity contribution in [3.05, 3.63) is 87.7 Å². The van der Waals surface area contributed by atoms with Crippen LogP contribution in [0.2, 0.25) is 0 Å². The van der Waals surface area contributed by atoms with Gasteiger partial charge < -0.3 is 9.80 Å². The van der Waals surface area contributed by atoms with E-state index in [0.717, 1.165) is 29.1 Å². The minimum Gasteiger partial charge on any atom is -0.352 e.